The fourth-order valence-corrected chi connectivity index (χ4v) is 7.64. The third-order valence-corrected chi connectivity index (χ3v) is 9.00. The van der Waals surface area contributed by atoms with Gasteiger partial charge in [-0.2, -0.15) is 0 Å². The van der Waals surface area contributed by atoms with Crippen LogP contribution in [0.25, 0.3) is 0 Å². The van der Waals surface area contributed by atoms with Gasteiger partial charge in [0.25, 0.3) is 0 Å². The minimum atomic E-state index is -0.112. The predicted octanol–water partition coefficient (Wildman–Crippen LogP) is 4.76. The molecule has 4 aliphatic carbocycles. The van der Waals surface area contributed by atoms with Crippen molar-refractivity contribution in [1.82, 2.24) is 0 Å². The molecule has 0 saturated heterocycles. The molecule has 0 spiro atoms. The van der Waals surface area contributed by atoms with E-state index in [1.54, 1.807) is 5.57 Å². The highest BCUT2D eigenvalue weighted by atomic mass is 16.3. The van der Waals surface area contributed by atoms with E-state index in [9.17, 15) is 9.90 Å². The summed E-state index contributed by atoms with van der Waals surface area (Å²) in [6, 6.07) is 0. The zero-order chi connectivity index (χ0) is 17.1. The standard InChI is InChI=1S/C22H34O2/c1-14(13-23)18-6-7-19-17-5-4-15-12-16(24)8-10-21(15,2)20(17)9-11-22(18,19)3/h4,13-14,16-20,24H,5-12H2,1-3H3/t14-,16-,17+,18-,19+,20+,21-,22-/m0/s1. The molecule has 2 nitrogen and oxygen atoms in total. The maximum atomic E-state index is 11.4. The molecule has 0 bridgehead atoms. The van der Waals surface area contributed by atoms with Crippen LogP contribution in [-0.4, -0.2) is 17.5 Å². The molecule has 4 rings (SSSR count). The summed E-state index contributed by atoms with van der Waals surface area (Å²) in [5, 5.41) is 10.1. The van der Waals surface area contributed by atoms with Gasteiger partial charge in [-0.25, -0.2) is 0 Å². The number of rotatable bonds is 2. The first-order chi connectivity index (χ1) is 11.4. The Labute approximate surface area is 147 Å². The smallest absolute Gasteiger partial charge is 0.123 e. The highest BCUT2D eigenvalue weighted by molar-refractivity contribution is 5.53. The number of aldehydes is 1. The SMILES string of the molecule is C[C@@H](C=O)[C@@H]1CC[C@@H]2[C@H]3CC=C4C[C@@H](O)CC[C@]4(C)[C@@H]3CC[C@]21C. The molecule has 8 atom stereocenters. The van der Waals surface area contributed by atoms with Crippen molar-refractivity contribution in [3.05, 3.63) is 11.6 Å². The molecule has 0 unspecified atom stereocenters. The number of aliphatic hydroxyl groups excluding tert-OH is 1. The molecule has 0 radical (unpaired) electrons. The van der Waals surface area contributed by atoms with E-state index in [2.05, 4.69) is 26.8 Å². The Bertz CT molecular complexity index is 552. The first-order valence-electron chi connectivity index (χ1n) is 10.2. The van der Waals surface area contributed by atoms with Crippen molar-refractivity contribution in [2.24, 2.45) is 40.4 Å². The van der Waals surface area contributed by atoms with Crippen LogP contribution in [0.1, 0.15) is 72.1 Å². The quantitative estimate of drug-likeness (QED) is 0.585. The summed E-state index contributed by atoms with van der Waals surface area (Å²) >= 11 is 0. The highest BCUT2D eigenvalue weighted by Gasteiger charge is 2.59. The van der Waals surface area contributed by atoms with Gasteiger partial charge in [0, 0.05) is 5.92 Å². The Hall–Kier alpha value is -0.630. The minimum absolute atomic E-state index is 0.112. The molecular formula is C22H34O2. The van der Waals surface area contributed by atoms with Gasteiger partial charge < -0.3 is 9.90 Å². The van der Waals surface area contributed by atoms with E-state index >= 15 is 0 Å². The van der Waals surface area contributed by atoms with Gasteiger partial charge in [0.15, 0.2) is 0 Å². The predicted molar refractivity (Wildman–Crippen MR) is 96.4 cm³/mol. The molecule has 0 heterocycles. The second-order valence-electron chi connectivity index (χ2n) is 9.88. The second-order valence-corrected chi connectivity index (χ2v) is 9.88. The average Bonchev–Trinajstić information content (AvgIpc) is 2.92. The molecule has 4 aliphatic rings. The number of carbonyl (C=O) groups excluding carboxylic acids is 1. The molecule has 24 heavy (non-hydrogen) atoms. The van der Waals surface area contributed by atoms with Crippen LogP contribution < -0.4 is 0 Å². The van der Waals surface area contributed by atoms with E-state index in [4.69, 9.17) is 0 Å². The van der Waals surface area contributed by atoms with Crippen LogP contribution in [0, 0.1) is 40.4 Å². The lowest BCUT2D eigenvalue weighted by Crippen LogP contribution is -2.50. The minimum Gasteiger partial charge on any atom is -0.393 e. The van der Waals surface area contributed by atoms with Crippen molar-refractivity contribution in [1.29, 1.82) is 0 Å². The number of carbonyl (C=O) groups is 1. The van der Waals surface area contributed by atoms with Gasteiger partial charge in [-0.15, -0.1) is 0 Å². The summed E-state index contributed by atoms with van der Waals surface area (Å²) in [6.45, 7) is 7.13. The Morgan fingerprint density at radius 1 is 1.17 bits per heavy atom. The average molecular weight is 331 g/mol. The summed E-state index contributed by atoms with van der Waals surface area (Å²) < 4.78 is 0. The molecule has 0 aromatic rings. The number of hydrogen-bond donors (Lipinski definition) is 1. The Morgan fingerprint density at radius 2 is 1.96 bits per heavy atom. The van der Waals surface area contributed by atoms with E-state index in [1.807, 2.05) is 0 Å². The van der Waals surface area contributed by atoms with Gasteiger partial charge >= 0.3 is 0 Å². The number of hydrogen-bond acceptors (Lipinski definition) is 2. The van der Waals surface area contributed by atoms with Crippen molar-refractivity contribution >= 4 is 6.29 Å². The Balaban J connectivity index is 1.64. The molecule has 1 N–H and O–H groups in total. The second kappa shape index (κ2) is 5.69. The number of aliphatic hydroxyl groups is 1. The summed E-state index contributed by atoms with van der Waals surface area (Å²) in [5.74, 6) is 3.20. The van der Waals surface area contributed by atoms with Crippen molar-refractivity contribution < 1.29 is 9.90 Å². The summed E-state index contributed by atoms with van der Waals surface area (Å²) in [6.07, 6.45) is 13.0. The van der Waals surface area contributed by atoms with Crippen LogP contribution in [0.3, 0.4) is 0 Å². The number of fused-ring (bicyclic) bond motifs is 5. The maximum Gasteiger partial charge on any atom is 0.123 e. The molecular weight excluding hydrogens is 296 g/mol. The summed E-state index contributed by atoms with van der Waals surface area (Å²) in [7, 11) is 0. The van der Waals surface area contributed by atoms with Crippen LogP contribution in [0.5, 0.6) is 0 Å². The lowest BCUT2D eigenvalue weighted by Gasteiger charge is -2.58. The van der Waals surface area contributed by atoms with Gasteiger partial charge in [0.1, 0.15) is 6.29 Å². The zero-order valence-electron chi connectivity index (χ0n) is 15.6. The topological polar surface area (TPSA) is 37.3 Å². The van der Waals surface area contributed by atoms with Gasteiger partial charge in [-0.3, -0.25) is 0 Å². The first kappa shape index (κ1) is 16.8. The van der Waals surface area contributed by atoms with Crippen LogP contribution in [0.2, 0.25) is 0 Å². The van der Waals surface area contributed by atoms with E-state index in [0.29, 0.717) is 16.7 Å². The molecule has 0 amide bonds. The van der Waals surface area contributed by atoms with Gasteiger partial charge in [-0.05, 0) is 85.9 Å². The summed E-state index contributed by atoms with van der Waals surface area (Å²) in [4.78, 5) is 11.4. The molecule has 0 aliphatic heterocycles. The van der Waals surface area contributed by atoms with E-state index in [1.165, 1.54) is 44.8 Å². The van der Waals surface area contributed by atoms with Crippen LogP contribution >= 0.6 is 0 Å². The van der Waals surface area contributed by atoms with E-state index in [-0.39, 0.29) is 12.0 Å². The van der Waals surface area contributed by atoms with Crippen LogP contribution in [0.15, 0.2) is 11.6 Å². The summed E-state index contributed by atoms with van der Waals surface area (Å²) in [5.41, 5.74) is 2.26. The highest BCUT2D eigenvalue weighted by Crippen LogP contribution is 2.66. The maximum absolute atomic E-state index is 11.4. The van der Waals surface area contributed by atoms with E-state index < -0.39 is 0 Å². The lowest BCUT2D eigenvalue weighted by molar-refractivity contribution is -0.115. The molecule has 2 heteroatoms. The van der Waals surface area contributed by atoms with Crippen molar-refractivity contribution in [2.75, 3.05) is 0 Å². The first-order valence-corrected chi connectivity index (χ1v) is 10.2. The van der Waals surface area contributed by atoms with Crippen LogP contribution in [0.4, 0.5) is 0 Å². The van der Waals surface area contributed by atoms with E-state index in [0.717, 1.165) is 30.6 Å². The van der Waals surface area contributed by atoms with Crippen molar-refractivity contribution in [3.8, 4) is 0 Å². The largest absolute Gasteiger partial charge is 0.393 e. The van der Waals surface area contributed by atoms with Gasteiger partial charge in [0.05, 0.1) is 6.10 Å². The zero-order valence-corrected chi connectivity index (χ0v) is 15.6. The fourth-order valence-electron chi connectivity index (χ4n) is 7.64. The molecule has 134 valence electrons. The van der Waals surface area contributed by atoms with Gasteiger partial charge in [-0.1, -0.05) is 32.4 Å². The molecule has 3 saturated carbocycles. The third kappa shape index (κ3) is 2.21. The number of allylic oxidation sites excluding steroid dienone is 1. The monoisotopic (exact) mass is 330 g/mol. The third-order valence-electron chi connectivity index (χ3n) is 9.00. The fraction of sp³-hybridized carbons (Fsp3) is 0.864. The Morgan fingerprint density at radius 3 is 2.71 bits per heavy atom. The lowest BCUT2D eigenvalue weighted by atomic mass is 9.47. The molecule has 0 aromatic carbocycles. The van der Waals surface area contributed by atoms with Gasteiger partial charge in [0.2, 0.25) is 0 Å². The molecule has 0 aromatic heterocycles. The Kier molecular flexibility index (Phi) is 3.99. The molecule has 3 fully saturated rings. The van der Waals surface area contributed by atoms with Crippen molar-refractivity contribution in [3.63, 3.8) is 0 Å². The van der Waals surface area contributed by atoms with Crippen LogP contribution in [-0.2, 0) is 4.79 Å². The van der Waals surface area contributed by atoms with Crippen molar-refractivity contribution in [2.45, 2.75) is 78.2 Å². The normalized spacial score (nSPS) is 51.8.